The van der Waals surface area contributed by atoms with E-state index >= 15 is 0 Å². The molecule has 0 aliphatic rings. The fourth-order valence-corrected chi connectivity index (χ4v) is 1.01. The molecule has 0 atom stereocenters. The van der Waals surface area contributed by atoms with Crippen molar-refractivity contribution in [2.45, 2.75) is 5.02 Å². The summed E-state index contributed by atoms with van der Waals surface area (Å²) < 4.78 is 0. The van der Waals surface area contributed by atoms with Crippen molar-refractivity contribution >= 4 is 40.8 Å². The minimum atomic E-state index is -1.21. The highest BCUT2D eigenvalue weighted by atomic mass is 35.5. The van der Waals surface area contributed by atoms with Crippen molar-refractivity contribution in [2.24, 2.45) is 0 Å². The molecule has 1 rings (SSSR count). The molecule has 0 aromatic heterocycles. The third-order valence-corrected chi connectivity index (χ3v) is 1.64. The summed E-state index contributed by atoms with van der Waals surface area (Å²) in [5.41, 5.74) is 0.256. The molecule has 0 spiro atoms. The van der Waals surface area contributed by atoms with Gasteiger partial charge in [0.1, 0.15) is 0 Å². The average Bonchev–Trinajstić information content (AvgIpc) is 2.14. The monoisotopic (exact) mass is 254 g/mol. The maximum absolute atomic E-state index is 11.2. The molecular formula is C8H5Cl3O3. The van der Waals surface area contributed by atoms with Gasteiger partial charge in [0, 0.05) is 5.02 Å². The van der Waals surface area contributed by atoms with E-state index in [1.165, 1.54) is 12.1 Å². The van der Waals surface area contributed by atoms with Crippen LogP contribution in [0.4, 0.5) is 0 Å². The number of rotatable bonds is 3. The number of hydrogen-bond donors (Lipinski definition) is 0. The maximum atomic E-state index is 11.2. The summed E-state index contributed by atoms with van der Waals surface area (Å²) >= 11 is 16.0. The minimum absolute atomic E-state index is 0.256. The summed E-state index contributed by atoms with van der Waals surface area (Å²) in [5.74, 6) is -0.709. The van der Waals surface area contributed by atoms with Crippen LogP contribution in [-0.4, -0.2) is 11.0 Å². The van der Waals surface area contributed by atoms with Gasteiger partial charge in [-0.3, -0.25) is 4.89 Å². The first-order valence-electron chi connectivity index (χ1n) is 3.51. The Morgan fingerprint density at radius 3 is 2.64 bits per heavy atom. The molecule has 0 bridgehead atoms. The van der Waals surface area contributed by atoms with E-state index in [9.17, 15) is 4.79 Å². The fraction of sp³-hybridized carbons (Fsp3) is 0.125. The van der Waals surface area contributed by atoms with Gasteiger partial charge in [0.05, 0.1) is 5.56 Å². The Morgan fingerprint density at radius 1 is 1.36 bits per heavy atom. The third-order valence-electron chi connectivity index (χ3n) is 1.26. The molecule has 0 heterocycles. The zero-order valence-corrected chi connectivity index (χ0v) is 9.01. The second-order valence-electron chi connectivity index (χ2n) is 2.24. The van der Waals surface area contributed by atoms with E-state index in [2.05, 4.69) is 9.78 Å². The molecule has 0 radical (unpaired) electrons. The van der Waals surface area contributed by atoms with E-state index in [0.29, 0.717) is 5.02 Å². The van der Waals surface area contributed by atoms with E-state index in [1.807, 2.05) is 0 Å². The summed E-state index contributed by atoms with van der Waals surface area (Å²) in [7, 11) is 0. The number of benzene rings is 1. The van der Waals surface area contributed by atoms with Crippen molar-refractivity contribution in [1.29, 1.82) is 0 Å². The van der Waals surface area contributed by atoms with Gasteiger partial charge >= 0.3 is 5.97 Å². The predicted octanol–water partition coefficient (Wildman–Crippen LogP) is 3.19. The van der Waals surface area contributed by atoms with Crippen LogP contribution < -0.4 is 0 Å². The largest absolute Gasteiger partial charge is 0.373 e. The fourth-order valence-electron chi connectivity index (χ4n) is 0.744. The quantitative estimate of drug-likeness (QED) is 0.473. The van der Waals surface area contributed by atoms with Crippen LogP contribution in [-0.2, 0) is 9.78 Å². The first kappa shape index (κ1) is 11.6. The van der Waals surface area contributed by atoms with Gasteiger partial charge in [-0.15, -0.1) is 4.89 Å². The third kappa shape index (κ3) is 3.72. The molecule has 0 saturated heterocycles. The van der Waals surface area contributed by atoms with Gasteiger partial charge in [0.15, 0.2) is 0 Å². The van der Waals surface area contributed by atoms with Crippen LogP contribution in [0.2, 0.25) is 5.02 Å². The van der Waals surface area contributed by atoms with E-state index in [0.717, 1.165) is 0 Å². The van der Waals surface area contributed by atoms with Crippen LogP contribution in [0, 0.1) is 0 Å². The average molecular weight is 255 g/mol. The smallest absolute Gasteiger partial charge is 0.290 e. The summed E-state index contributed by atoms with van der Waals surface area (Å²) in [4.78, 5) is 19.7. The molecule has 0 fully saturated rings. The van der Waals surface area contributed by atoms with Gasteiger partial charge in [-0.25, -0.2) is 4.79 Å². The number of hydrogen-bond acceptors (Lipinski definition) is 3. The number of halogens is 3. The summed E-state index contributed by atoms with van der Waals surface area (Å²) in [6.07, 6.45) is 0. The molecule has 1 aromatic carbocycles. The second-order valence-corrected chi connectivity index (χ2v) is 3.69. The van der Waals surface area contributed by atoms with Crippen LogP contribution in [0.3, 0.4) is 0 Å². The molecule has 0 amide bonds. The highest BCUT2D eigenvalue weighted by Crippen LogP contribution is 2.12. The highest BCUT2D eigenvalue weighted by Gasteiger charge is 2.10. The number of carbonyl (C=O) groups excluding carboxylic acids is 1. The molecule has 0 unspecified atom stereocenters. The molecular weight excluding hydrogens is 250 g/mol. The Hall–Kier alpha value is -0.480. The Labute approximate surface area is 95.4 Å². The Kier molecular flexibility index (Phi) is 4.48. The summed E-state index contributed by atoms with van der Waals surface area (Å²) in [6.45, 7) is 0. The van der Waals surface area contributed by atoms with Crippen LogP contribution in [0.25, 0.3) is 0 Å². The predicted molar refractivity (Wildman–Crippen MR) is 53.4 cm³/mol. The molecule has 14 heavy (non-hydrogen) atoms. The van der Waals surface area contributed by atoms with Crippen molar-refractivity contribution in [1.82, 2.24) is 0 Å². The second kappa shape index (κ2) is 5.41. The van der Waals surface area contributed by atoms with Crippen molar-refractivity contribution in [2.75, 3.05) is 0 Å². The SMILES string of the molecule is O=C(OOC(Cl)Cl)c1cccc(Cl)c1. The first-order valence-corrected chi connectivity index (χ1v) is 4.76. The molecule has 6 heteroatoms. The molecule has 0 aliphatic carbocycles. The van der Waals surface area contributed by atoms with E-state index in [4.69, 9.17) is 34.8 Å². The van der Waals surface area contributed by atoms with Crippen molar-refractivity contribution in [3.05, 3.63) is 34.9 Å². The molecule has 0 saturated carbocycles. The Morgan fingerprint density at radius 2 is 2.07 bits per heavy atom. The van der Waals surface area contributed by atoms with Crippen LogP contribution in [0.15, 0.2) is 24.3 Å². The Balaban J connectivity index is 2.61. The maximum Gasteiger partial charge on any atom is 0.373 e. The number of carbonyl (C=O) groups is 1. The van der Waals surface area contributed by atoms with Gasteiger partial charge in [-0.05, 0) is 18.2 Å². The van der Waals surface area contributed by atoms with E-state index in [-0.39, 0.29) is 5.56 Å². The van der Waals surface area contributed by atoms with E-state index < -0.39 is 11.0 Å². The molecule has 0 N–H and O–H groups in total. The van der Waals surface area contributed by atoms with Crippen molar-refractivity contribution in [3.63, 3.8) is 0 Å². The lowest BCUT2D eigenvalue weighted by atomic mass is 10.2. The van der Waals surface area contributed by atoms with Crippen LogP contribution in [0.5, 0.6) is 0 Å². The lowest BCUT2D eigenvalue weighted by Gasteiger charge is -2.03. The van der Waals surface area contributed by atoms with Gasteiger partial charge in [0.2, 0.25) is 0 Å². The first-order chi connectivity index (χ1) is 6.59. The topological polar surface area (TPSA) is 35.5 Å². The molecule has 3 nitrogen and oxygen atoms in total. The van der Waals surface area contributed by atoms with Gasteiger partial charge in [-0.1, -0.05) is 40.9 Å². The van der Waals surface area contributed by atoms with Crippen LogP contribution >= 0.6 is 34.8 Å². The van der Waals surface area contributed by atoms with Crippen molar-refractivity contribution < 1.29 is 14.6 Å². The number of alkyl halides is 2. The lowest BCUT2D eigenvalue weighted by molar-refractivity contribution is -0.235. The van der Waals surface area contributed by atoms with E-state index in [1.54, 1.807) is 12.1 Å². The highest BCUT2D eigenvalue weighted by molar-refractivity contribution is 6.43. The zero-order valence-electron chi connectivity index (χ0n) is 6.75. The van der Waals surface area contributed by atoms with Gasteiger partial charge < -0.3 is 0 Å². The van der Waals surface area contributed by atoms with Crippen LogP contribution in [0.1, 0.15) is 10.4 Å². The molecule has 1 aromatic rings. The molecule has 76 valence electrons. The Bertz CT molecular complexity index is 327. The summed E-state index contributed by atoms with van der Waals surface area (Å²) in [5, 5.41) is -0.786. The van der Waals surface area contributed by atoms with Gasteiger partial charge in [-0.2, -0.15) is 0 Å². The summed E-state index contributed by atoms with van der Waals surface area (Å²) in [6, 6.07) is 6.20. The van der Waals surface area contributed by atoms with Gasteiger partial charge in [0.25, 0.3) is 5.02 Å². The minimum Gasteiger partial charge on any atom is -0.290 e. The zero-order chi connectivity index (χ0) is 10.6. The normalized spacial score (nSPS) is 10.3. The molecule has 0 aliphatic heterocycles. The van der Waals surface area contributed by atoms with Crippen molar-refractivity contribution in [3.8, 4) is 0 Å². The lowest BCUT2D eigenvalue weighted by Crippen LogP contribution is -2.07. The standard InChI is InChI=1S/C8H5Cl3O3/c9-6-3-1-2-5(4-6)7(12)13-14-8(10)11/h1-4,8H.